The van der Waals surface area contributed by atoms with Crippen LogP contribution in [-0.4, -0.2) is 58.5 Å². The van der Waals surface area contributed by atoms with E-state index in [4.69, 9.17) is 0 Å². The van der Waals surface area contributed by atoms with Gasteiger partial charge < -0.3 is 9.80 Å². The zero-order chi connectivity index (χ0) is 19.5. The zero-order valence-corrected chi connectivity index (χ0v) is 15.8. The highest BCUT2D eigenvalue weighted by Crippen LogP contribution is 2.19. The van der Waals surface area contributed by atoms with Crippen LogP contribution in [0.25, 0.3) is 23.1 Å². The second-order valence-electron chi connectivity index (χ2n) is 7.00. The second kappa shape index (κ2) is 7.68. The molecule has 2 amide bonds. The van der Waals surface area contributed by atoms with Crippen LogP contribution in [0.3, 0.4) is 0 Å². The number of nitrogens with zero attached hydrogens (tertiary/aromatic N) is 3. The van der Waals surface area contributed by atoms with Crippen molar-refractivity contribution >= 4 is 35.4 Å². The van der Waals surface area contributed by atoms with Gasteiger partial charge >= 0.3 is 0 Å². The minimum Gasteiger partial charge on any atom is -0.342 e. The molecule has 1 aliphatic heterocycles. The highest BCUT2D eigenvalue weighted by Gasteiger charge is 2.22. The third-order valence-corrected chi connectivity index (χ3v) is 5.16. The fraction of sp³-hybridized carbons (Fsp3) is 0.227. The molecule has 0 saturated carbocycles. The monoisotopic (exact) mass is 374 g/mol. The lowest BCUT2D eigenvalue weighted by Crippen LogP contribution is -2.48. The first-order valence-corrected chi connectivity index (χ1v) is 9.36. The van der Waals surface area contributed by atoms with Gasteiger partial charge in [-0.3, -0.25) is 14.7 Å². The summed E-state index contributed by atoms with van der Waals surface area (Å²) >= 11 is 0. The van der Waals surface area contributed by atoms with Crippen molar-refractivity contribution in [3.63, 3.8) is 0 Å². The van der Waals surface area contributed by atoms with Crippen LogP contribution in [0.15, 0.2) is 42.5 Å². The van der Waals surface area contributed by atoms with Crippen LogP contribution in [-0.2, 0) is 4.79 Å². The van der Waals surface area contributed by atoms with Crippen molar-refractivity contribution in [3.05, 3.63) is 64.8 Å². The number of hydrogen-bond acceptors (Lipinski definition) is 3. The molecule has 6 nitrogen and oxygen atoms in total. The molecule has 1 fully saturated rings. The summed E-state index contributed by atoms with van der Waals surface area (Å²) in [6.07, 6.45) is 4.83. The molecular weight excluding hydrogens is 352 g/mol. The Morgan fingerprint density at radius 3 is 2.61 bits per heavy atom. The van der Waals surface area contributed by atoms with Crippen LogP contribution in [0.2, 0.25) is 0 Å². The summed E-state index contributed by atoms with van der Waals surface area (Å²) in [5.41, 5.74) is 4.57. The maximum atomic E-state index is 12.8. The Kier molecular flexibility index (Phi) is 4.93. The summed E-state index contributed by atoms with van der Waals surface area (Å²) in [7, 11) is 0. The number of amides is 2. The molecule has 0 spiro atoms. The molecule has 142 valence electrons. The summed E-state index contributed by atoms with van der Waals surface area (Å²) in [5.74, 6) is 0.0249. The molecule has 1 saturated heterocycles. The standard InChI is InChI=1S/C22H22N4O2/c1-16-14-17(7-9-21-19-4-2-3-5-20(19)23-24-21)6-8-18(16)22(28)26-12-10-25(15-27)11-13-26/h2-9,14-15H,10-13H2,1H3,(H,23,24). The topological polar surface area (TPSA) is 69.3 Å². The van der Waals surface area contributed by atoms with Gasteiger partial charge in [-0.1, -0.05) is 36.4 Å². The van der Waals surface area contributed by atoms with Gasteiger partial charge in [0.05, 0.1) is 11.2 Å². The molecule has 2 aromatic carbocycles. The predicted molar refractivity (Wildman–Crippen MR) is 110 cm³/mol. The number of aromatic nitrogens is 2. The SMILES string of the molecule is Cc1cc(C=Cc2n[nH]c3ccccc23)ccc1C(=O)N1CCN(C=O)CC1. The summed E-state index contributed by atoms with van der Waals surface area (Å²) in [6.45, 7) is 4.28. The number of para-hydroxylation sites is 1. The van der Waals surface area contributed by atoms with E-state index in [2.05, 4.69) is 10.2 Å². The summed E-state index contributed by atoms with van der Waals surface area (Å²) < 4.78 is 0. The van der Waals surface area contributed by atoms with Crippen LogP contribution >= 0.6 is 0 Å². The van der Waals surface area contributed by atoms with E-state index in [9.17, 15) is 9.59 Å². The third kappa shape index (κ3) is 3.53. The van der Waals surface area contributed by atoms with Crippen LogP contribution in [0.1, 0.15) is 27.2 Å². The Bertz CT molecular complexity index is 1050. The van der Waals surface area contributed by atoms with Gasteiger partial charge in [-0.05, 0) is 36.3 Å². The molecule has 0 unspecified atom stereocenters. The summed E-state index contributed by atoms with van der Waals surface area (Å²) in [6, 6.07) is 13.9. The van der Waals surface area contributed by atoms with Gasteiger partial charge in [0, 0.05) is 37.1 Å². The quantitative estimate of drug-likeness (QED) is 0.714. The van der Waals surface area contributed by atoms with E-state index in [1.54, 1.807) is 4.90 Å². The first kappa shape index (κ1) is 18.0. The number of nitrogens with one attached hydrogen (secondary N) is 1. The van der Waals surface area contributed by atoms with Crippen molar-refractivity contribution in [2.24, 2.45) is 0 Å². The fourth-order valence-electron chi connectivity index (χ4n) is 3.52. The first-order valence-electron chi connectivity index (χ1n) is 9.36. The van der Waals surface area contributed by atoms with E-state index in [1.807, 2.05) is 66.4 Å². The summed E-state index contributed by atoms with van der Waals surface area (Å²) in [5, 5.41) is 8.46. The van der Waals surface area contributed by atoms with E-state index in [1.165, 1.54) is 0 Å². The Morgan fingerprint density at radius 1 is 1.07 bits per heavy atom. The minimum absolute atomic E-state index is 0.0249. The van der Waals surface area contributed by atoms with Crippen molar-refractivity contribution in [3.8, 4) is 0 Å². The summed E-state index contributed by atoms with van der Waals surface area (Å²) in [4.78, 5) is 27.1. The minimum atomic E-state index is 0.0249. The molecule has 2 heterocycles. The van der Waals surface area contributed by atoms with Crippen LogP contribution < -0.4 is 0 Å². The van der Waals surface area contributed by atoms with Crippen molar-refractivity contribution in [2.75, 3.05) is 26.2 Å². The predicted octanol–water partition coefficient (Wildman–Crippen LogP) is 2.96. The third-order valence-electron chi connectivity index (χ3n) is 5.16. The van der Waals surface area contributed by atoms with E-state index in [0.29, 0.717) is 31.7 Å². The van der Waals surface area contributed by atoms with Crippen molar-refractivity contribution in [1.82, 2.24) is 20.0 Å². The van der Waals surface area contributed by atoms with Gasteiger partial charge in [-0.25, -0.2) is 0 Å². The van der Waals surface area contributed by atoms with Gasteiger partial charge in [-0.2, -0.15) is 5.10 Å². The maximum Gasteiger partial charge on any atom is 0.254 e. The molecule has 1 aliphatic rings. The lowest BCUT2D eigenvalue weighted by atomic mass is 10.0. The Morgan fingerprint density at radius 2 is 1.86 bits per heavy atom. The van der Waals surface area contributed by atoms with Gasteiger partial charge in [0.1, 0.15) is 0 Å². The van der Waals surface area contributed by atoms with E-state index in [-0.39, 0.29) is 5.91 Å². The number of H-pyrrole nitrogens is 1. The normalized spacial score (nSPS) is 14.8. The molecule has 1 N–H and O–H groups in total. The van der Waals surface area contributed by atoms with Gasteiger partial charge in [0.25, 0.3) is 5.91 Å². The largest absolute Gasteiger partial charge is 0.342 e. The van der Waals surface area contributed by atoms with Gasteiger partial charge in [-0.15, -0.1) is 0 Å². The highest BCUT2D eigenvalue weighted by molar-refractivity contribution is 5.96. The fourth-order valence-corrected chi connectivity index (χ4v) is 3.52. The Hall–Kier alpha value is -3.41. The lowest BCUT2D eigenvalue weighted by molar-refractivity contribution is -0.119. The molecular formula is C22H22N4O2. The van der Waals surface area contributed by atoms with Crippen molar-refractivity contribution in [1.29, 1.82) is 0 Å². The average Bonchev–Trinajstić information content (AvgIpc) is 3.15. The molecule has 0 radical (unpaired) electrons. The van der Waals surface area contributed by atoms with Crippen LogP contribution in [0.5, 0.6) is 0 Å². The highest BCUT2D eigenvalue weighted by atomic mass is 16.2. The number of fused-ring (bicyclic) bond motifs is 1. The van der Waals surface area contributed by atoms with Gasteiger partial charge in [0.15, 0.2) is 0 Å². The molecule has 28 heavy (non-hydrogen) atoms. The van der Waals surface area contributed by atoms with Crippen LogP contribution in [0.4, 0.5) is 0 Å². The lowest BCUT2D eigenvalue weighted by Gasteiger charge is -2.32. The molecule has 6 heteroatoms. The smallest absolute Gasteiger partial charge is 0.254 e. The van der Waals surface area contributed by atoms with Crippen molar-refractivity contribution in [2.45, 2.75) is 6.92 Å². The van der Waals surface area contributed by atoms with E-state index < -0.39 is 0 Å². The Balaban J connectivity index is 1.50. The molecule has 0 atom stereocenters. The number of benzene rings is 2. The number of piperazine rings is 1. The van der Waals surface area contributed by atoms with E-state index >= 15 is 0 Å². The van der Waals surface area contributed by atoms with Gasteiger partial charge in [0.2, 0.25) is 6.41 Å². The second-order valence-corrected chi connectivity index (χ2v) is 7.00. The first-order chi connectivity index (χ1) is 13.7. The molecule has 3 aromatic rings. The number of rotatable bonds is 4. The number of aromatic amines is 1. The molecule has 0 aliphatic carbocycles. The average molecular weight is 374 g/mol. The maximum absolute atomic E-state index is 12.8. The molecule has 4 rings (SSSR count). The zero-order valence-electron chi connectivity index (χ0n) is 15.8. The van der Waals surface area contributed by atoms with E-state index in [0.717, 1.165) is 34.1 Å². The number of hydrogen-bond donors (Lipinski definition) is 1. The molecule has 1 aromatic heterocycles. The number of carbonyl (C=O) groups is 2. The number of aryl methyl sites for hydroxylation is 1. The molecule has 0 bridgehead atoms. The Labute approximate surface area is 163 Å². The van der Waals surface area contributed by atoms with Crippen molar-refractivity contribution < 1.29 is 9.59 Å². The van der Waals surface area contributed by atoms with Crippen LogP contribution in [0, 0.1) is 6.92 Å². The number of carbonyl (C=O) groups excluding carboxylic acids is 2.